The van der Waals surface area contributed by atoms with Gasteiger partial charge in [-0.1, -0.05) is 30.7 Å². The van der Waals surface area contributed by atoms with Gasteiger partial charge in [0, 0.05) is 18.6 Å². The smallest absolute Gasteiger partial charge is 0.246 e. The van der Waals surface area contributed by atoms with Crippen LogP contribution < -0.4 is 9.04 Å². The van der Waals surface area contributed by atoms with E-state index in [1.807, 2.05) is 24.3 Å². The number of carbonyl (C=O) groups is 1. The number of sulfonamides is 1. The Balaban J connectivity index is 2.28. The minimum atomic E-state index is -3.68. The number of ether oxygens (including phenoxy) is 1. The largest absolute Gasteiger partial charge is 0.497 e. The molecule has 0 saturated heterocycles. The van der Waals surface area contributed by atoms with E-state index in [1.54, 1.807) is 45.3 Å². The lowest BCUT2D eigenvalue weighted by atomic mass is 10.1. The number of methoxy groups -OCH3 is 1. The topological polar surface area (TPSA) is 66.9 Å². The van der Waals surface area contributed by atoms with E-state index in [4.69, 9.17) is 16.3 Å². The normalized spacial score (nSPS) is 12.3. The van der Waals surface area contributed by atoms with Gasteiger partial charge in [0.1, 0.15) is 11.8 Å². The zero-order valence-corrected chi connectivity index (χ0v) is 18.0. The van der Waals surface area contributed by atoms with Crippen LogP contribution in [0.25, 0.3) is 0 Å². The van der Waals surface area contributed by atoms with Crippen LogP contribution >= 0.6 is 11.6 Å². The van der Waals surface area contributed by atoms with Crippen LogP contribution in [-0.4, -0.2) is 45.7 Å². The van der Waals surface area contributed by atoms with Crippen molar-refractivity contribution in [3.63, 3.8) is 0 Å². The summed E-state index contributed by atoms with van der Waals surface area (Å²) in [5.41, 5.74) is 1.33. The number of amides is 1. The Kier molecular flexibility index (Phi) is 7.32. The van der Waals surface area contributed by atoms with Crippen molar-refractivity contribution in [3.8, 4) is 5.75 Å². The third-order valence-corrected chi connectivity index (χ3v) is 5.78. The Morgan fingerprint density at radius 1 is 1.11 bits per heavy atom. The number of likely N-dealkylation sites (N-methyl/N-ethyl adjacent to an activating group) is 1. The van der Waals surface area contributed by atoms with Crippen LogP contribution in [0.1, 0.15) is 18.9 Å². The highest BCUT2D eigenvalue weighted by Crippen LogP contribution is 2.25. The van der Waals surface area contributed by atoms with Crippen molar-refractivity contribution in [2.45, 2.75) is 25.9 Å². The predicted molar refractivity (Wildman–Crippen MR) is 112 cm³/mol. The van der Waals surface area contributed by atoms with E-state index < -0.39 is 16.1 Å². The molecule has 28 heavy (non-hydrogen) atoms. The van der Waals surface area contributed by atoms with Crippen LogP contribution in [0.15, 0.2) is 48.5 Å². The molecule has 6 nitrogen and oxygen atoms in total. The van der Waals surface area contributed by atoms with Crippen LogP contribution in [0.3, 0.4) is 0 Å². The van der Waals surface area contributed by atoms with Gasteiger partial charge in [-0.05, 0) is 48.4 Å². The van der Waals surface area contributed by atoms with Gasteiger partial charge in [-0.3, -0.25) is 9.10 Å². The first-order chi connectivity index (χ1) is 13.2. The number of benzene rings is 2. The lowest BCUT2D eigenvalue weighted by Gasteiger charge is -2.33. The summed E-state index contributed by atoms with van der Waals surface area (Å²) in [5, 5.41) is 0.494. The lowest BCUT2D eigenvalue weighted by molar-refractivity contribution is -0.131. The summed E-state index contributed by atoms with van der Waals surface area (Å²) in [5.74, 6) is 0.453. The maximum absolute atomic E-state index is 13.1. The van der Waals surface area contributed by atoms with Crippen molar-refractivity contribution in [1.82, 2.24) is 4.90 Å². The number of anilines is 1. The molecular weight excluding hydrogens is 400 g/mol. The Hall–Kier alpha value is -2.25. The molecule has 0 bridgehead atoms. The van der Waals surface area contributed by atoms with Gasteiger partial charge in [0.2, 0.25) is 15.9 Å². The van der Waals surface area contributed by atoms with Crippen molar-refractivity contribution in [1.29, 1.82) is 0 Å². The maximum atomic E-state index is 13.1. The second-order valence-corrected chi connectivity index (χ2v) is 8.80. The van der Waals surface area contributed by atoms with E-state index in [0.29, 0.717) is 23.7 Å². The van der Waals surface area contributed by atoms with Crippen LogP contribution in [0, 0.1) is 0 Å². The summed E-state index contributed by atoms with van der Waals surface area (Å²) in [6.07, 6.45) is 1.43. The Labute approximate surface area is 171 Å². The summed E-state index contributed by atoms with van der Waals surface area (Å²) < 4.78 is 31.3. The van der Waals surface area contributed by atoms with E-state index >= 15 is 0 Å². The summed E-state index contributed by atoms with van der Waals surface area (Å²) in [4.78, 5) is 14.6. The summed E-state index contributed by atoms with van der Waals surface area (Å²) in [6, 6.07) is 12.9. The Bertz CT molecular complexity index is 899. The van der Waals surface area contributed by atoms with E-state index in [9.17, 15) is 13.2 Å². The molecule has 0 heterocycles. The van der Waals surface area contributed by atoms with Crippen molar-refractivity contribution in [2.24, 2.45) is 0 Å². The molecule has 2 rings (SSSR count). The van der Waals surface area contributed by atoms with E-state index in [-0.39, 0.29) is 5.91 Å². The zero-order valence-electron chi connectivity index (χ0n) is 16.4. The van der Waals surface area contributed by atoms with Gasteiger partial charge in [0.15, 0.2) is 0 Å². The molecule has 0 aromatic heterocycles. The van der Waals surface area contributed by atoms with Gasteiger partial charge in [0.05, 0.1) is 19.1 Å². The number of halogens is 1. The number of nitrogens with zero attached hydrogens (tertiary/aromatic N) is 2. The molecule has 0 spiro atoms. The standard InChI is InChI=1S/C20H25ClN2O4S/c1-5-19(23(28(4,25)26)17-10-8-16(21)9-11-17)20(24)22(2)14-15-6-12-18(27-3)13-7-15/h6-13,19H,5,14H2,1-4H3/t19-/m0/s1. The molecule has 1 amide bonds. The molecule has 0 aliphatic heterocycles. The Morgan fingerprint density at radius 2 is 1.68 bits per heavy atom. The fraction of sp³-hybridized carbons (Fsp3) is 0.350. The first-order valence-electron chi connectivity index (χ1n) is 8.80. The molecule has 0 aliphatic carbocycles. The SMILES string of the molecule is CC[C@@H](C(=O)N(C)Cc1ccc(OC)cc1)N(c1ccc(Cl)cc1)S(C)(=O)=O. The fourth-order valence-electron chi connectivity index (χ4n) is 2.97. The van der Waals surface area contributed by atoms with Gasteiger partial charge in [-0.25, -0.2) is 8.42 Å². The predicted octanol–water partition coefficient (Wildman–Crippen LogP) is 3.55. The summed E-state index contributed by atoms with van der Waals surface area (Å²) >= 11 is 5.92. The molecule has 0 N–H and O–H groups in total. The number of rotatable bonds is 8. The molecule has 8 heteroatoms. The van der Waals surface area contributed by atoms with E-state index in [1.165, 1.54) is 4.90 Å². The molecular formula is C20H25ClN2O4S. The molecule has 2 aromatic carbocycles. The Morgan fingerprint density at radius 3 is 2.14 bits per heavy atom. The monoisotopic (exact) mass is 424 g/mol. The van der Waals surface area contributed by atoms with Gasteiger partial charge in [0.25, 0.3) is 0 Å². The van der Waals surface area contributed by atoms with Gasteiger partial charge < -0.3 is 9.64 Å². The van der Waals surface area contributed by atoms with Gasteiger partial charge in [-0.2, -0.15) is 0 Å². The molecule has 0 saturated carbocycles. The quantitative estimate of drug-likeness (QED) is 0.649. The fourth-order valence-corrected chi connectivity index (χ4v) is 4.30. The number of hydrogen-bond acceptors (Lipinski definition) is 4. The van der Waals surface area contributed by atoms with Crippen LogP contribution in [-0.2, 0) is 21.4 Å². The van der Waals surface area contributed by atoms with Crippen molar-refractivity contribution < 1.29 is 17.9 Å². The maximum Gasteiger partial charge on any atom is 0.246 e. The molecule has 0 fully saturated rings. The van der Waals surface area contributed by atoms with Crippen molar-refractivity contribution >= 4 is 33.2 Å². The average Bonchev–Trinajstić information content (AvgIpc) is 2.66. The van der Waals surface area contributed by atoms with E-state index in [0.717, 1.165) is 21.9 Å². The van der Waals surface area contributed by atoms with Crippen LogP contribution in [0.5, 0.6) is 5.75 Å². The molecule has 1 atom stereocenters. The highest BCUT2D eigenvalue weighted by molar-refractivity contribution is 7.92. The minimum Gasteiger partial charge on any atom is -0.497 e. The zero-order chi connectivity index (χ0) is 20.9. The van der Waals surface area contributed by atoms with E-state index in [2.05, 4.69) is 0 Å². The van der Waals surface area contributed by atoms with Crippen molar-refractivity contribution in [2.75, 3.05) is 24.7 Å². The highest BCUT2D eigenvalue weighted by atomic mass is 35.5. The molecule has 2 aromatic rings. The summed E-state index contributed by atoms with van der Waals surface area (Å²) in [6.45, 7) is 2.15. The van der Waals surface area contributed by atoms with Crippen molar-refractivity contribution in [3.05, 3.63) is 59.1 Å². The van der Waals surface area contributed by atoms with Crippen LogP contribution in [0.4, 0.5) is 5.69 Å². The molecule has 0 unspecified atom stereocenters. The van der Waals surface area contributed by atoms with Gasteiger partial charge in [-0.15, -0.1) is 0 Å². The first-order valence-corrected chi connectivity index (χ1v) is 11.0. The lowest BCUT2D eigenvalue weighted by Crippen LogP contribution is -2.49. The molecule has 152 valence electrons. The number of hydrogen-bond donors (Lipinski definition) is 0. The first kappa shape index (κ1) is 22.0. The summed E-state index contributed by atoms with van der Waals surface area (Å²) in [7, 11) is -0.422. The molecule has 0 radical (unpaired) electrons. The third kappa shape index (κ3) is 5.39. The number of carbonyl (C=O) groups excluding carboxylic acids is 1. The second-order valence-electron chi connectivity index (χ2n) is 6.50. The average molecular weight is 425 g/mol. The highest BCUT2D eigenvalue weighted by Gasteiger charge is 2.33. The second kappa shape index (κ2) is 9.30. The minimum absolute atomic E-state index is 0.279. The van der Waals surface area contributed by atoms with Crippen LogP contribution in [0.2, 0.25) is 5.02 Å². The molecule has 0 aliphatic rings. The third-order valence-electron chi connectivity index (χ3n) is 4.35. The van der Waals surface area contributed by atoms with Gasteiger partial charge >= 0.3 is 0 Å².